The minimum Gasteiger partial charge on any atom is -0.312 e. The Morgan fingerprint density at radius 3 is 2.25 bits per heavy atom. The second-order valence-electron chi connectivity index (χ2n) is 7.17. The van der Waals surface area contributed by atoms with E-state index >= 15 is 0 Å². The summed E-state index contributed by atoms with van der Waals surface area (Å²) in [6.07, 6.45) is 2.00. The number of hydrogen-bond acceptors (Lipinski definition) is 3. The molecule has 0 atom stereocenters. The molecule has 0 radical (unpaired) electrons. The van der Waals surface area contributed by atoms with Gasteiger partial charge in [-0.3, -0.25) is 9.88 Å². The van der Waals surface area contributed by atoms with E-state index in [9.17, 15) is 0 Å². The quantitative estimate of drug-likeness (QED) is 0.747. The van der Waals surface area contributed by atoms with Gasteiger partial charge in [-0.1, -0.05) is 50.2 Å². The second-order valence-corrected chi connectivity index (χ2v) is 7.17. The van der Waals surface area contributed by atoms with Crippen molar-refractivity contribution in [1.29, 1.82) is 0 Å². The number of nitrogens with zero attached hydrogens (tertiary/aromatic N) is 2. The van der Waals surface area contributed by atoms with Crippen LogP contribution in [-0.4, -0.2) is 22.5 Å². The molecule has 2 aromatic rings. The Balaban J connectivity index is 1.92. The Labute approximate surface area is 147 Å². The summed E-state index contributed by atoms with van der Waals surface area (Å²) in [5.41, 5.74) is 3.73. The molecule has 0 bridgehead atoms. The van der Waals surface area contributed by atoms with E-state index in [0.29, 0.717) is 12.0 Å². The van der Waals surface area contributed by atoms with Gasteiger partial charge in [0.25, 0.3) is 0 Å². The van der Waals surface area contributed by atoms with Crippen LogP contribution in [0.3, 0.4) is 0 Å². The molecule has 0 saturated carbocycles. The predicted octanol–water partition coefficient (Wildman–Crippen LogP) is 4.24. The number of pyridine rings is 1. The molecule has 2 rings (SSSR count). The van der Waals surface area contributed by atoms with Crippen LogP contribution in [0.4, 0.5) is 0 Å². The van der Waals surface area contributed by atoms with E-state index in [1.54, 1.807) is 0 Å². The highest BCUT2D eigenvalue weighted by Crippen LogP contribution is 2.12. The molecule has 0 amide bonds. The molecule has 0 fully saturated rings. The lowest BCUT2D eigenvalue weighted by Crippen LogP contribution is -2.30. The van der Waals surface area contributed by atoms with Crippen LogP contribution in [0.5, 0.6) is 0 Å². The van der Waals surface area contributed by atoms with Crippen LogP contribution in [0.1, 0.15) is 44.5 Å². The average Bonchev–Trinajstić information content (AvgIpc) is 2.56. The summed E-state index contributed by atoms with van der Waals surface area (Å²) in [6, 6.07) is 15.5. The molecule has 0 unspecified atom stereocenters. The molecule has 24 heavy (non-hydrogen) atoms. The van der Waals surface area contributed by atoms with Gasteiger partial charge >= 0.3 is 0 Å². The first-order valence-electron chi connectivity index (χ1n) is 8.97. The molecule has 1 aromatic heterocycles. The zero-order chi connectivity index (χ0) is 17.4. The van der Waals surface area contributed by atoms with E-state index in [2.05, 4.69) is 85.4 Å². The number of nitrogens with one attached hydrogen (secondary N) is 1. The smallest absolute Gasteiger partial charge is 0.0544 e. The van der Waals surface area contributed by atoms with Gasteiger partial charge in [-0.2, -0.15) is 0 Å². The highest BCUT2D eigenvalue weighted by atomic mass is 15.1. The Kier molecular flexibility index (Phi) is 7.41. The zero-order valence-electron chi connectivity index (χ0n) is 15.5. The van der Waals surface area contributed by atoms with E-state index in [4.69, 9.17) is 0 Å². The highest BCUT2D eigenvalue weighted by molar-refractivity contribution is 5.16. The first-order chi connectivity index (χ1) is 11.5. The fraction of sp³-hybridized carbons (Fsp3) is 0.476. The van der Waals surface area contributed by atoms with Crippen molar-refractivity contribution in [3.05, 3.63) is 65.5 Å². The van der Waals surface area contributed by atoms with Gasteiger partial charge in [0.1, 0.15) is 0 Å². The Morgan fingerprint density at radius 2 is 1.67 bits per heavy atom. The predicted molar refractivity (Wildman–Crippen MR) is 102 cm³/mol. The van der Waals surface area contributed by atoms with Crippen molar-refractivity contribution in [2.24, 2.45) is 5.92 Å². The van der Waals surface area contributed by atoms with Crippen molar-refractivity contribution in [3.63, 3.8) is 0 Å². The Morgan fingerprint density at radius 1 is 0.917 bits per heavy atom. The van der Waals surface area contributed by atoms with Crippen LogP contribution in [0.25, 0.3) is 0 Å². The SMILES string of the molecule is CC(C)CNCc1ccc(CN(Cc2ccccc2)C(C)C)nc1. The van der Waals surface area contributed by atoms with Crippen LogP contribution in [0, 0.1) is 5.92 Å². The molecule has 0 saturated heterocycles. The minimum atomic E-state index is 0.486. The van der Waals surface area contributed by atoms with Crippen LogP contribution < -0.4 is 5.32 Å². The third kappa shape index (κ3) is 6.42. The first-order valence-corrected chi connectivity index (χ1v) is 8.97. The molecular formula is C21H31N3. The standard InChI is InChI=1S/C21H31N3/c1-17(2)12-22-13-20-10-11-21(23-14-20)16-24(18(3)4)15-19-8-6-5-7-9-19/h5-11,14,17-18,22H,12-13,15-16H2,1-4H3. The van der Waals surface area contributed by atoms with E-state index in [1.165, 1.54) is 11.1 Å². The molecular weight excluding hydrogens is 294 g/mol. The first kappa shape index (κ1) is 18.6. The van der Waals surface area contributed by atoms with Crippen molar-refractivity contribution < 1.29 is 0 Å². The summed E-state index contributed by atoms with van der Waals surface area (Å²) < 4.78 is 0. The molecule has 1 N–H and O–H groups in total. The largest absolute Gasteiger partial charge is 0.312 e. The topological polar surface area (TPSA) is 28.2 Å². The van der Waals surface area contributed by atoms with Crippen molar-refractivity contribution in [1.82, 2.24) is 15.2 Å². The van der Waals surface area contributed by atoms with Crippen molar-refractivity contribution in [2.75, 3.05) is 6.54 Å². The van der Waals surface area contributed by atoms with E-state index < -0.39 is 0 Å². The molecule has 0 aliphatic carbocycles. The number of aromatic nitrogens is 1. The van der Waals surface area contributed by atoms with E-state index in [0.717, 1.165) is 31.9 Å². The molecule has 1 heterocycles. The van der Waals surface area contributed by atoms with Crippen LogP contribution in [0.15, 0.2) is 48.7 Å². The lowest BCUT2D eigenvalue weighted by molar-refractivity contribution is 0.201. The Bertz CT molecular complexity index is 576. The van der Waals surface area contributed by atoms with Gasteiger partial charge < -0.3 is 5.32 Å². The summed E-state index contributed by atoms with van der Waals surface area (Å²) in [7, 11) is 0. The lowest BCUT2D eigenvalue weighted by Gasteiger charge is -2.26. The van der Waals surface area contributed by atoms with Crippen molar-refractivity contribution >= 4 is 0 Å². The highest BCUT2D eigenvalue weighted by Gasteiger charge is 2.11. The molecule has 3 heteroatoms. The molecule has 3 nitrogen and oxygen atoms in total. The number of rotatable bonds is 9. The van der Waals surface area contributed by atoms with Gasteiger partial charge in [0.05, 0.1) is 5.69 Å². The van der Waals surface area contributed by atoms with E-state index in [1.807, 2.05) is 6.20 Å². The number of hydrogen-bond donors (Lipinski definition) is 1. The molecule has 130 valence electrons. The van der Waals surface area contributed by atoms with Gasteiger partial charge in [-0.15, -0.1) is 0 Å². The maximum absolute atomic E-state index is 4.66. The van der Waals surface area contributed by atoms with Crippen LogP contribution >= 0.6 is 0 Å². The molecule has 0 aliphatic heterocycles. The maximum Gasteiger partial charge on any atom is 0.0544 e. The summed E-state index contributed by atoms with van der Waals surface area (Å²) in [5, 5.41) is 3.46. The van der Waals surface area contributed by atoms with Crippen molar-refractivity contribution in [2.45, 2.75) is 53.4 Å². The molecule has 0 spiro atoms. The van der Waals surface area contributed by atoms with Crippen LogP contribution in [0.2, 0.25) is 0 Å². The second kappa shape index (κ2) is 9.55. The summed E-state index contributed by atoms with van der Waals surface area (Å²) in [6.45, 7) is 12.7. The van der Waals surface area contributed by atoms with Gasteiger partial charge in [0.15, 0.2) is 0 Å². The van der Waals surface area contributed by atoms with Gasteiger partial charge in [-0.25, -0.2) is 0 Å². The lowest BCUT2D eigenvalue weighted by atomic mass is 10.1. The fourth-order valence-electron chi connectivity index (χ4n) is 2.61. The zero-order valence-corrected chi connectivity index (χ0v) is 15.5. The summed E-state index contributed by atoms with van der Waals surface area (Å²) in [4.78, 5) is 7.11. The minimum absolute atomic E-state index is 0.486. The monoisotopic (exact) mass is 325 g/mol. The summed E-state index contributed by atoms with van der Waals surface area (Å²) >= 11 is 0. The van der Waals surface area contributed by atoms with E-state index in [-0.39, 0.29) is 0 Å². The van der Waals surface area contributed by atoms with Gasteiger partial charge in [0.2, 0.25) is 0 Å². The average molecular weight is 326 g/mol. The molecule has 0 aliphatic rings. The third-order valence-corrected chi connectivity index (χ3v) is 4.09. The third-order valence-electron chi connectivity index (χ3n) is 4.09. The van der Waals surface area contributed by atoms with Crippen molar-refractivity contribution in [3.8, 4) is 0 Å². The maximum atomic E-state index is 4.66. The molecule has 1 aromatic carbocycles. The number of benzene rings is 1. The fourth-order valence-corrected chi connectivity index (χ4v) is 2.61. The van der Waals surface area contributed by atoms with Crippen LogP contribution in [-0.2, 0) is 19.6 Å². The van der Waals surface area contributed by atoms with Gasteiger partial charge in [0, 0.05) is 31.9 Å². The summed E-state index contributed by atoms with van der Waals surface area (Å²) in [5.74, 6) is 0.676. The van der Waals surface area contributed by atoms with Gasteiger partial charge in [-0.05, 0) is 43.5 Å². The normalized spacial score (nSPS) is 11.6. The Hall–Kier alpha value is -1.71.